The maximum absolute atomic E-state index is 13.4. The number of hydrogen-bond donors (Lipinski definition) is 1. The topological polar surface area (TPSA) is 59.9 Å². The number of halogens is 2. The highest BCUT2D eigenvalue weighted by atomic mass is 19.1. The Morgan fingerprint density at radius 1 is 1.10 bits per heavy atom. The third kappa shape index (κ3) is 4.29. The van der Waals surface area contributed by atoms with E-state index in [0.717, 1.165) is 18.4 Å². The van der Waals surface area contributed by atoms with Gasteiger partial charge < -0.3 is 14.9 Å². The molecule has 4 rings (SSSR count). The second-order valence-corrected chi connectivity index (χ2v) is 7.46. The van der Waals surface area contributed by atoms with Crippen molar-refractivity contribution in [2.75, 3.05) is 19.8 Å². The van der Waals surface area contributed by atoms with Crippen LogP contribution in [-0.4, -0.2) is 37.5 Å². The standard InChI is InChI=1S/C22H22F2N2O3/c23-17-6-4-16(5-7-17)22(8-10-28-11-9-22)14-25-21(27)20-13-19(26-29-20)15-2-1-3-18(24)12-15/h1-7,12,20H,8-11,13-14H2,(H,25,27)/t20-/m0/s1. The second-order valence-electron chi connectivity index (χ2n) is 7.46. The maximum atomic E-state index is 13.4. The second kappa shape index (κ2) is 8.29. The molecule has 152 valence electrons. The fourth-order valence-corrected chi connectivity index (χ4v) is 3.86. The van der Waals surface area contributed by atoms with Crippen LogP contribution in [0.5, 0.6) is 0 Å². The Labute approximate surface area is 167 Å². The van der Waals surface area contributed by atoms with E-state index in [0.29, 0.717) is 31.0 Å². The summed E-state index contributed by atoms with van der Waals surface area (Å²) in [4.78, 5) is 18.0. The third-order valence-corrected chi connectivity index (χ3v) is 5.63. The molecule has 1 saturated heterocycles. The summed E-state index contributed by atoms with van der Waals surface area (Å²) in [6.07, 6.45) is 0.991. The van der Waals surface area contributed by atoms with Gasteiger partial charge in [0.25, 0.3) is 5.91 Å². The first-order valence-corrected chi connectivity index (χ1v) is 9.66. The van der Waals surface area contributed by atoms with Crippen molar-refractivity contribution in [2.24, 2.45) is 5.16 Å². The van der Waals surface area contributed by atoms with E-state index in [2.05, 4.69) is 10.5 Å². The normalized spacial score (nSPS) is 20.6. The van der Waals surface area contributed by atoms with Gasteiger partial charge in [-0.05, 0) is 42.7 Å². The Kier molecular flexibility index (Phi) is 5.58. The first kappa shape index (κ1) is 19.5. The fourth-order valence-electron chi connectivity index (χ4n) is 3.86. The minimum Gasteiger partial charge on any atom is -0.382 e. The van der Waals surface area contributed by atoms with Gasteiger partial charge in [0.05, 0.1) is 5.71 Å². The van der Waals surface area contributed by atoms with Crippen LogP contribution in [0.3, 0.4) is 0 Å². The molecule has 0 radical (unpaired) electrons. The van der Waals surface area contributed by atoms with Gasteiger partial charge in [0.1, 0.15) is 11.6 Å². The van der Waals surface area contributed by atoms with Crippen LogP contribution in [0.15, 0.2) is 53.7 Å². The predicted octanol–water partition coefficient (Wildman–Crippen LogP) is 3.32. The smallest absolute Gasteiger partial charge is 0.264 e. The zero-order valence-electron chi connectivity index (χ0n) is 15.9. The van der Waals surface area contributed by atoms with Crippen LogP contribution in [0.2, 0.25) is 0 Å². The maximum Gasteiger partial charge on any atom is 0.264 e. The minimum atomic E-state index is -0.752. The van der Waals surface area contributed by atoms with Gasteiger partial charge in [-0.2, -0.15) is 0 Å². The zero-order valence-corrected chi connectivity index (χ0v) is 15.9. The first-order valence-electron chi connectivity index (χ1n) is 9.66. The number of amides is 1. The molecule has 0 aliphatic carbocycles. The lowest BCUT2D eigenvalue weighted by atomic mass is 9.74. The Bertz CT molecular complexity index is 909. The zero-order chi connectivity index (χ0) is 20.3. The Balaban J connectivity index is 1.41. The molecular formula is C22H22F2N2O3. The van der Waals surface area contributed by atoms with Crippen molar-refractivity contribution in [1.29, 1.82) is 0 Å². The molecule has 0 saturated carbocycles. The molecule has 7 heteroatoms. The number of nitrogens with zero attached hydrogens (tertiary/aromatic N) is 1. The summed E-state index contributed by atoms with van der Waals surface area (Å²) in [5.74, 6) is -0.923. The highest BCUT2D eigenvalue weighted by Gasteiger charge is 2.36. The van der Waals surface area contributed by atoms with Crippen molar-refractivity contribution in [3.05, 3.63) is 71.3 Å². The van der Waals surface area contributed by atoms with Crippen LogP contribution in [-0.2, 0) is 19.8 Å². The van der Waals surface area contributed by atoms with Crippen molar-refractivity contribution >= 4 is 11.6 Å². The number of rotatable bonds is 5. The number of ether oxygens (including phenoxy) is 1. The summed E-state index contributed by atoms with van der Waals surface area (Å²) in [5, 5.41) is 6.93. The average molecular weight is 400 g/mol. The van der Waals surface area contributed by atoms with Crippen LogP contribution in [0.4, 0.5) is 8.78 Å². The molecule has 1 atom stereocenters. The van der Waals surface area contributed by atoms with Gasteiger partial charge in [0.2, 0.25) is 6.10 Å². The summed E-state index contributed by atoms with van der Waals surface area (Å²) < 4.78 is 32.3. The van der Waals surface area contributed by atoms with E-state index >= 15 is 0 Å². The molecule has 2 aliphatic heterocycles. The lowest BCUT2D eigenvalue weighted by molar-refractivity contribution is -0.131. The summed E-state index contributed by atoms with van der Waals surface area (Å²) in [6.45, 7) is 1.57. The van der Waals surface area contributed by atoms with Gasteiger partial charge in [0, 0.05) is 37.2 Å². The number of carbonyl (C=O) groups excluding carboxylic acids is 1. The molecule has 1 fully saturated rings. The van der Waals surface area contributed by atoms with Gasteiger partial charge in [-0.15, -0.1) is 0 Å². The molecule has 0 spiro atoms. The Morgan fingerprint density at radius 2 is 1.86 bits per heavy atom. The van der Waals surface area contributed by atoms with Gasteiger partial charge in [-0.1, -0.05) is 29.4 Å². The van der Waals surface area contributed by atoms with Crippen molar-refractivity contribution in [1.82, 2.24) is 5.32 Å². The lowest BCUT2D eigenvalue weighted by Crippen LogP contribution is -2.47. The number of hydrogen-bond acceptors (Lipinski definition) is 4. The number of benzene rings is 2. The van der Waals surface area contributed by atoms with Gasteiger partial charge >= 0.3 is 0 Å². The van der Waals surface area contributed by atoms with Crippen LogP contribution < -0.4 is 5.32 Å². The molecular weight excluding hydrogens is 378 g/mol. The van der Waals surface area contributed by atoms with Gasteiger partial charge in [-0.25, -0.2) is 8.78 Å². The highest BCUT2D eigenvalue weighted by molar-refractivity contribution is 6.04. The summed E-state index contributed by atoms with van der Waals surface area (Å²) in [7, 11) is 0. The van der Waals surface area contributed by atoms with Crippen molar-refractivity contribution in [3.63, 3.8) is 0 Å². The molecule has 0 unspecified atom stereocenters. The summed E-state index contributed by atoms with van der Waals surface area (Å²) >= 11 is 0. The molecule has 5 nitrogen and oxygen atoms in total. The average Bonchev–Trinajstić information content (AvgIpc) is 3.24. The SMILES string of the molecule is O=C(NCC1(c2ccc(F)cc2)CCOCC1)[C@@H]1CC(c2cccc(F)c2)=NO1. The molecule has 0 bridgehead atoms. The van der Waals surface area contributed by atoms with Crippen molar-refractivity contribution in [3.8, 4) is 0 Å². The monoisotopic (exact) mass is 400 g/mol. The van der Waals surface area contributed by atoms with E-state index in [1.54, 1.807) is 24.3 Å². The minimum absolute atomic E-state index is 0.270. The number of carbonyl (C=O) groups is 1. The molecule has 0 aromatic heterocycles. The molecule has 2 aliphatic rings. The highest BCUT2D eigenvalue weighted by Crippen LogP contribution is 2.34. The summed E-state index contributed by atoms with van der Waals surface area (Å²) in [5.41, 5.74) is 1.81. The van der Waals surface area contributed by atoms with E-state index in [1.807, 2.05) is 0 Å². The van der Waals surface area contributed by atoms with E-state index in [-0.39, 0.29) is 29.4 Å². The van der Waals surface area contributed by atoms with Crippen LogP contribution >= 0.6 is 0 Å². The molecule has 2 aromatic rings. The molecule has 2 aromatic carbocycles. The number of nitrogens with one attached hydrogen (secondary N) is 1. The van der Waals surface area contributed by atoms with E-state index in [9.17, 15) is 13.6 Å². The lowest BCUT2D eigenvalue weighted by Gasteiger charge is -2.38. The predicted molar refractivity (Wildman–Crippen MR) is 104 cm³/mol. The molecule has 2 heterocycles. The van der Waals surface area contributed by atoms with Crippen LogP contribution in [0.1, 0.15) is 30.4 Å². The van der Waals surface area contributed by atoms with Crippen molar-refractivity contribution in [2.45, 2.75) is 30.8 Å². The van der Waals surface area contributed by atoms with E-state index in [1.165, 1.54) is 24.3 Å². The molecule has 29 heavy (non-hydrogen) atoms. The first-order chi connectivity index (χ1) is 14.1. The van der Waals surface area contributed by atoms with Crippen molar-refractivity contribution < 1.29 is 23.1 Å². The van der Waals surface area contributed by atoms with Crippen LogP contribution in [0, 0.1) is 11.6 Å². The summed E-state index contributed by atoms with van der Waals surface area (Å²) in [6, 6.07) is 12.5. The number of oxime groups is 1. The van der Waals surface area contributed by atoms with Gasteiger partial charge in [-0.3, -0.25) is 4.79 Å². The van der Waals surface area contributed by atoms with Gasteiger partial charge in [0.15, 0.2) is 0 Å². The quantitative estimate of drug-likeness (QED) is 0.838. The fraction of sp³-hybridized carbons (Fsp3) is 0.364. The van der Waals surface area contributed by atoms with Crippen LogP contribution in [0.25, 0.3) is 0 Å². The third-order valence-electron chi connectivity index (χ3n) is 5.63. The molecule has 1 N–H and O–H groups in total. The van der Waals surface area contributed by atoms with E-state index < -0.39 is 6.10 Å². The molecule has 1 amide bonds. The van der Waals surface area contributed by atoms with E-state index in [4.69, 9.17) is 9.57 Å². The Morgan fingerprint density at radius 3 is 2.59 bits per heavy atom. The largest absolute Gasteiger partial charge is 0.382 e. The Hall–Kier alpha value is -2.80.